The predicted octanol–water partition coefficient (Wildman–Crippen LogP) is 2.16. The highest BCUT2D eigenvalue weighted by Crippen LogP contribution is 2.33. The van der Waals surface area contributed by atoms with Gasteiger partial charge in [0.1, 0.15) is 4.32 Å². The van der Waals surface area contributed by atoms with E-state index in [1.54, 1.807) is 11.3 Å². The van der Waals surface area contributed by atoms with Crippen LogP contribution in [0, 0.1) is 0 Å². The maximum Gasteiger partial charge on any atom is 0.266 e. The van der Waals surface area contributed by atoms with Crippen LogP contribution in [0.25, 0.3) is 6.08 Å². The number of hydrogen-bond donors (Lipinski definition) is 1. The molecule has 1 atom stereocenters. The summed E-state index contributed by atoms with van der Waals surface area (Å²) >= 11 is 8.07. The summed E-state index contributed by atoms with van der Waals surface area (Å²) in [6.45, 7) is 0.360. The molecule has 3 heterocycles. The van der Waals surface area contributed by atoms with Crippen LogP contribution in [0.5, 0.6) is 0 Å². The van der Waals surface area contributed by atoms with Crippen molar-refractivity contribution in [2.24, 2.45) is 0 Å². The van der Waals surface area contributed by atoms with Gasteiger partial charge in [0.05, 0.1) is 16.7 Å². The summed E-state index contributed by atoms with van der Waals surface area (Å²) in [6, 6.07) is 3.37. The number of amides is 2. The normalized spacial score (nSPS) is 23.2. The van der Waals surface area contributed by atoms with E-state index >= 15 is 0 Å². The fourth-order valence-electron chi connectivity index (χ4n) is 2.54. The van der Waals surface area contributed by atoms with Gasteiger partial charge in [-0.2, -0.15) is 0 Å². The van der Waals surface area contributed by atoms with Crippen molar-refractivity contribution >= 4 is 67.4 Å². The second-order valence-corrected chi connectivity index (χ2v) is 10.4. The number of carbonyl (C=O) groups is 2. The Morgan fingerprint density at radius 2 is 2.27 bits per heavy atom. The molecule has 0 bridgehead atoms. The van der Waals surface area contributed by atoms with Crippen molar-refractivity contribution in [1.29, 1.82) is 0 Å². The highest BCUT2D eigenvalue weighted by Gasteiger charge is 2.31. The van der Waals surface area contributed by atoms with E-state index in [9.17, 15) is 18.0 Å². The Hall–Kier alpha value is -1.49. The lowest BCUT2D eigenvalue weighted by Gasteiger charge is -2.15. The molecule has 3 rings (SSSR count). The van der Waals surface area contributed by atoms with E-state index in [4.69, 9.17) is 12.2 Å². The molecule has 1 N–H and O–H groups in total. The van der Waals surface area contributed by atoms with Crippen molar-refractivity contribution in [2.45, 2.75) is 18.9 Å². The number of rotatable bonds is 6. The van der Waals surface area contributed by atoms with Gasteiger partial charge < -0.3 is 5.32 Å². The number of thioether (sulfide) groups is 1. The van der Waals surface area contributed by atoms with Gasteiger partial charge in [-0.1, -0.05) is 30.0 Å². The Labute approximate surface area is 165 Å². The molecule has 6 nitrogen and oxygen atoms in total. The van der Waals surface area contributed by atoms with Crippen LogP contribution in [-0.4, -0.2) is 47.8 Å². The van der Waals surface area contributed by atoms with Crippen LogP contribution >= 0.6 is 35.3 Å². The van der Waals surface area contributed by atoms with E-state index in [1.165, 1.54) is 22.7 Å². The van der Waals surface area contributed by atoms with Crippen molar-refractivity contribution < 1.29 is 18.0 Å². The van der Waals surface area contributed by atoms with Crippen LogP contribution in [0.4, 0.5) is 0 Å². The molecule has 26 heavy (non-hydrogen) atoms. The highest BCUT2D eigenvalue weighted by atomic mass is 32.2. The molecule has 0 radical (unpaired) electrons. The van der Waals surface area contributed by atoms with E-state index in [-0.39, 0.29) is 24.0 Å². The standard InChI is InChI=1S/C16H16N2O4S4/c19-14(17-11-5-8-26(21,22)10-11)4-1-6-18-15(20)13(25-16(18)23)9-12-3-2-7-24-12/h2-3,5,7-9,11H,1,4,6,10H2,(H,17,19)/b13-9-/t11-/m0/s1. The molecule has 0 unspecified atom stereocenters. The lowest BCUT2D eigenvalue weighted by molar-refractivity contribution is -0.124. The summed E-state index contributed by atoms with van der Waals surface area (Å²) in [5.41, 5.74) is 0. The second kappa shape index (κ2) is 8.03. The lowest BCUT2D eigenvalue weighted by Crippen LogP contribution is -2.36. The minimum atomic E-state index is -3.19. The minimum absolute atomic E-state index is 0.0963. The number of thiocarbonyl (C=S) groups is 1. The van der Waals surface area contributed by atoms with Crippen LogP contribution in [-0.2, 0) is 19.4 Å². The number of hydrogen-bond acceptors (Lipinski definition) is 7. The number of thiophene rings is 1. The van der Waals surface area contributed by atoms with Gasteiger partial charge in [-0.15, -0.1) is 11.3 Å². The molecule has 1 saturated heterocycles. The molecule has 2 amide bonds. The maximum atomic E-state index is 12.4. The Morgan fingerprint density at radius 1 is 1.46 bits per heavy atom. The fraction of sp³-hybridized carbons (Fsp3) is 0.312. The molecular weight excluding hydrogens is 412 g/mol. The zero-order chi connectivity index (χ0) is 18.7. The molecule has 2 aliphatic heterocycles. The summed E-state index contributed by atoms with van der Waals surface area (Å²) < 4.78 is 23.1. The summed E-state index contributed by atoms with van der Waals surface area (Å²) in [5.74, 6) is -0.476. The van der Waals surface area contributed by atoms with E-state index in [0.717, 1.165) is 10.3 Å². The van der Waals surface area contributed by atoms with Crippen molar-refractivity contribution in [3.63, 3.8) is 0 Å². The molecular formula is C16H16N2O4S4. The zero-order valence-electron chi connectivity index (χ0n) is 13.6. The van der Waals surface area contributed by atoms with E-state index in [1.807, 2.05) is 23.6 Å². The van der Waals surface area contributed by atoms with Gasteiger partial charge in [0.15, 0.2) is 9.84 Å². The largest absolute Gasteiger partial charge is 0.349 e. The third-order valence-electron chi connectivity index (χ3n) is 3.75. The molecule has 0 aromatic carbocycles. The number of carbonyl (C=O) groups excluding carboxylic acids is 2. The van der Waals surface area contributed by atoms with Gasteiger partial charge >= 0.3 is 0 Å². The summed E-state index contributed by atoms with van der Waals surface area (Å²) in [5, 5.41) is 5.73. The summed E-state index contributed by atoms with van der Waals surface area (Å²) in [6.07, 6.45) is 3.95. The Kier molecular flexibility index (Phi) is 5.96. The van der Waals surface area contributed by atoms with Gasteiger partial charge in [-0.3, -0.25) is 14.5 Å². The molecule has 1 fully saturated rings. The zero-order valence-corrected chi connectivity index (χ0v) is 16.8. The number of sulfone groups is 1. The number of nitrogens with zero attached hydrogens (tertiary/aromatic N) is 1. The molecule has 2 aliphatic rings. The Bertz CT molecular complexity index is 887. The first-order valence-corrected chi connectivity index (χ1v) is 11.7. The Morgan fingerprint density at radius 3 is 2.92 bits per heavy atom. The van der Waals surface area contributed by atoms with Crippen LogP contribution in [0.3, 0.4) is 0 Å². The van der Waals surface area contributed by atoms with Gasteiger partial charge in [0, 0.05) is 23.3 Å². The van der Waals surface area contributed by atoms with Crippen LogP contribution < -0.4 is 5.32 Å². The first kappa shape index (κ1) is 19.3. The fourth-order valence-corrected chi connectivity index (χ4v) is 5.80. The van der Waals surface area contributed by atoms with Crippen LogP contribution in [0.1, 0.15) is 17.7 Å². The van der Waals surface area contributed by atoms with Crippen molar-refractivity contribution in [2.75, 3.05) is 12.3 Å². The smallest absolute Gasteiger partial charge is 0.266 e. The second-order valence-electron chi connectivity index (χ2n) is 5.78. The SMILES string of the molecule is O=C(CCCN1C(=O)/C(=C/c2cccs2)SC1=S)N[C@H]1C=CS(=O)(=O)C1. The maximum absolute atomic E-state index is 12.4. The number of nitrogens with one attached hydrogen (secondary N) is 1. The molecule has 0 spiro atoms. The van der Waals surface area contributed by atoms with Gasteiger partial charge in [0.25, 0.3) is 5.91 Å². The van der Waals surface area contributed by atoms with E-state index in [0.29, 0.717) is 22.2 Å². The van der Waals surface area contributed by atoms with Crippen LogP contribution in [0.2, 0.25) is 0 Å². The quantitative estimate of drug-likeness (QED) is 0.552. The third kappa shape index (κ3) is 4.81. The monoisotopic (exact) mass is 428 g/mol. The average Bonchev–Trinajstić information content (AvgIpc) is 3.25. The van der Waals surface area contributed by atoms with Gasteiger partial charge in [-0.05, 0) is 30.0 Å². The molecule has 10 heteroatoms. The topological polar surface area (TPSA) is 83.6 Å². The van der Waals surface area contributed by atoms with Gasteiger partial charge in [0.2, 0.25) is 5.91 Å². The van der Waals surface area contributed by atoms with Crippen molar-refractivity contribution in [1.82, 2.24) is 10.2 Å². The third-order valence-corrected chi connectivity index (χ3v) is 7.34. The average molecular weight is 429 g/mol. The molecule has 0 aliphatic carbocycles. The highest BCUT2D eigenvalue weighted by molar-refractivity contribution is 8.26. The van der Waals surface area contributed by atoms with Crippen molar-refractivity contribution in [3.05, 3.63) is 38.8 Å². The first-order chi connectivity index (χ1) is 12.3. The van der Waals surface area contributed by atoms with E-state index in [2.05, 4.69) is 5.32 Å². The molecule has 138 valence electrons. The lowest BCUT2D eigenvalue weighted by atomic mass is 10.2. The predicted molar refractivity (Wildman–Crippen MR) is 108 cm³/mol. The molecule has 1 aromatic heterocycles. The summed E-state index contributed by atoms with van der Waals surface area (Å²) in [4.78, 5) is 27.5. The van der Waals surface area contributed by atoms with E-state index < -0.39 is 15.9 Å². The van der Waals surface area contributed by atoms with Crippen LogP contribution in [0.15, 0.2) is 33.9 Å². The first-order valence-electron chi connectivity index (χ1n) is 7.83. The van der Waals surface area contributed by atoms with Crippen molar-refractivity contribution in [3.8, 4) is 0 Å². The minimum Gasteiger partial charge on any atom is -0.349 e. The summed E-state index contributed by atoms with van der Waals surface area (Å²) in [7, 11) is -3.19. The Balaban J connectivity index is 1.47. The molecule has 0 saturated carbocycles. The van der Waals surface area contributed by atoms with Gasteiger partial charge in [-0.25, -0.2) is 8.42 Å². The molecule has 1 aromatic rings.